The first kappa shape index (κ1) is 23.9. The molecule has 0 spiro atoms. The predicted molar refractivity (Wildman–Crippen MR) is 122 cm³/mol. The lowest BCUT2D eigenvalue weighted by molar-refractivity contribution is 0.0764. The van der Waals surface area contributed by atoms with Gasteiger partial charge in [-0.2, -0.15) is 4.31 Å². The molecule has 2 heterocycles. The molecule has 1 aliphatic rings. The molecule has 10 heteroatoms. The van der Waals surface area contributed by atoms with E-state index in [0.717, 1.165) is 23.4 Å². The molecule has 1 fully saturated rings. The minimum atomic E-state index is -3.75. The van der Waals surface area contributed by atoms with Crippen LogP contribution >= 0.6 is 0 Å². The molecule has 2 aromatic carbocycles. The number of benzene rings is 2. The molecule has 0 N–H and O–H groups in total. The number of halogens is 1. The lowest BCUT2D eigenvalue weighted by atomic mass is 10.2. The van der Waals surface area contributed by atoms with Crippen LogP contribution in [0.1, 0.15) is 33.8 Å². The number of hydrogen-bond donors (Lipinski definition) is 0. The maximum atomic E-state index is 13.2. The van der Waals surface area contributed by atoms with Gasteiger partial charge in [-0.25, -0.2) is 12.8 Å². The van der Waals surface area contributed by atoms with Crippen molar-refractivity contribution in [2.75, 3.05) is 26.2 Å². The number of hydrogen-bond acceptors (Lipinski definition) is 6. The van der Waals surface area contributed by atoms with Crippen molar-refractivity contribution in [3.05, 3.63) is 76.9 Å². The van der Waals surface area contributed by atoms with Crippen molar-refractivity contribution in [1.82, 2.24) is 14.4 Å². The summed E-state index contributed by atoms with van der Waals surface area (Å²) in [7, 11) is -3.75. The summed E-state index contributed by atoms with van der Waals surface area (Å²) in [4.78, 5) is 14.7. The fourth-order valence-electron chi connectivity index (χ4n) is 3.83. The van der Waals surface area contributed by atoms with E-state index in [-0.39, 0.29) is 30.4 Å². The standard InChI is InChI=1S/C24H26FN3O5S/c1-17-23(18(2)33-26-17)16-32-21-8-4-19(5-9-21)24(29)27-12-3-13-28(15-14-27)34(30,31)22-10-6-20(25)7-11-22/h4-11H,3,12-16H2,1-2H3. The molecule has 1 saturated heterocycles. The maximum Gasteiger partial charge on any atom is 0.253 e. The van der Waals surface area contributed by atoms with E-state index in [1.54, 1.807) is 29.2 Å². The van der Waals surface area contributed by atoms with Crippen molar-refractivity contribution in [3.63, 3.8) is 0 Å². The Balaban J connectivity index is 1.37. The fraction of sp³-hybridized carbons (Fsp3) is 0.333. The van der Waals surface area contributed by atoms with Crippen molar-refractivity contribution in [3.8, 4) is 5.75 Å². The van der Waals surface area contributed by atoms with Crippen molar-refractivity contribution in [2.24, 2.45) is 0 Å². The van der Waals surface area contributed by atoms with Gasteiger partial charge in [0.05, 0.1) is 16.2 Å². The molecule has 0 radical (unpaired) electrons. The van der Waals surface area contributed by atoms with Gasteiger partial charge in [0.25, 0.3) is 5.91 Å². The Morgan fingerprint density at radius 1 is 1.03 bits per heavy atom. The van der Waals surface area contributed by atoms with Gasteiger partial charge in [0.1, 0.15) is 23.9 Å². The van der Waals surface area contributed by atoms with Crippen LogP contribution in [-0.4, -0.2) is 54.9 Å². The van der Waals surface area contributed by atoms with Crippen LogP contribution in [0.4, 0.5) is 4.39 Å². The quantitative estimate of drug-likeness (QED) is 0.528. The van der Waals surface area contributed by atoms with Crippen LogP contribution in [0.3, 0.4) is 0 Å². The molecule has 180 valence electrons. The Morgan fingerprint density at radius 3 is 2.38 bits per heavy atom. The highest BCUT2D eigenvalue weighted by Crippen LogP contribution is 2.21. The molecule has 0 atom stereocenters. The third kappa shape index (κ3) is 5.13. The number of carbonyl (C=O) groups excluding carboxylic acids is 1. The molecule has 34 heavy (non-hydrogen) atoms. The maximum absolute atomic E-state index is 13.2. The van der Waals surface area contributed by atoms with E-state index in [1.807, 2.05) is 13.8 Å². The highest BCUT2D eigenvalue weighted by molar-refractivity contribution is 7.89. The number of rotatable bonds is 6. The molecule has 0 bridgehead atoms. The Labute approximate surface area is 198 Å². The number of nitrogens with zero attached hydrogens (tertiary/aromatic N) is 3. The van der Waals surface area contributed by atoms with Crippen LogP contribution in [0, 0.1) is 19.7 Å². The van der Waals surface area contributed by atoms with E-state index in [0.29, 0.717) is 36.6 Å². The summed E-state index contributed by atoms with van der Waals surface area (Å²) in [6.45, 7) is 5.17. The number of aryl methyl sites for hydroxylation is 2. The number of sulfonamides is 1. The summed E-state index contributed by atoms with van der Waals surface area (Å²) in [6.07, 6.45) is 0.505. The zero-order valence-corrected chi connectivity index (χ0v) is 19.8. The van der Waals surface area contributed by atoms with Crippen LogP contribution in [0.15, 0.2) is 57.9 Å². The highest BCUT2D eigenvalue weighted by atomic mass is 32.2. The van der Waals surface area contributed by atoms with Crippen LogP contribution in [0.25, 0.3) is 0 Å². The lowest BCUT2D eigenvalue weighted by Gasteiger charge is -2.22. The summed E-state index contributed by atoms with van der Waals surface area (Å²) in [6, 6.07) is 11.6. The van der Waals surface area contributed by atoms with Crippen LogP contribution in [0.2, 0.25) is 0 Å². The van der Waals surface area contributed by atoms with Gasteiger partial charge < -0.3 is 14.2 Å². The Morgan fingerprint density at radius 2 is 1.74 bits per heavy atom. The van der Waals surface area contributed by atoms with Gasteiger partial charge in [0.2, 0.25) is 10.0 Å². The molecule has 0 saturated carbocycles. The first-order valence-corrected chi connectivity index (χ1v) is 12.4. The van der Waals surface area contributed by atoms with Gasteiger partial charge in [-0.1, -0.05) is 5.16 Å². The molecule has 4 rings (SSSR count). The van der Waals surface area contributed by atoms with Gasteiger partial charge in [-0.15, -0.1) is 0 Å². The van der Waals surface area contributed by atoms with Crippen molar-refractivity contribution >= 4 is 15.9 Å². The highest BCUT2D eigenvalue weighted by Gasteiger charge is 2.28. The number of amides is 1. The molecule has 0 unspecified atom stereocenters. The fourth-order valence-corrected chi connectivity index (χ4v) is 5.30. The third-order valence-corrected chi connectivity index (χ3v) is 7.77. The second-order valence-corrected chi connectivity index (χ2v) is 10.1. The summed E-state index contributed by atoms with van der Waals surface area (Å²) >= 11 is 0. The summed E-state index contributed by atoms with van der Waals surface area (Å²) < 4.78 is 51.3. The largest absolute Gasteiger partial charge is 0.489 e. The summed E-state index contributed by atoms with van der Waals surface area (Å²) in [5.74, 6) is 0.662. The topological polar surface area (TPSA) is 93.0 Å². The Hall–Kier alpha value is -3.24. The molecule has 3 aromatic rings. The zero-order chi connectivity index (χ0) is 24.3. The second-order valence-electron chi connectivity index (χ2n) is 8.12. The lowest BCUT2D eigenvalue weighted by Crippen LogP contribution is -2.37. The van der Waals surface area contributed by atoms with E-state index >= 15 is 0 Å². The molecular formula is C24H26FN3O5S. The number of carbonyl (C=O) groups is 1. The SMILES string of the molecule is Cc1noc(C)c1COc1ccc(C(=O)N2CCCN(S(=O)(=O)c3ccc(F)cc3)CC2)cc1. The van der Waals surface area contributed by atoms with Gasteiger partial charge in [-0.05, 0) is 68.8 Å². The van der Waals surface area contributed by atoms with Crippen molar-refractivity contribution < 1.29 is 26.9 Å². The third-order valence-electron chi connectivity index (χ3n) is 5.86. The average molecular weight is 488 g/mol. The first-order chi connectivity index (χ1) is 16.3. The van der Waals surface area contributed by atoms with E-state index in [1.165, 1.54) is 16.4 Å². The van der Waals surface area contributed by atoms with E-state index in [2.05, 4.69) is 5.16 Å². The van der Waals surface area contributed by atoms with Crippen LogP contribution in [-0.2, 0) is 16.6 Å². The van der Waals surface area contributed by atoms with E-state index in [9.17, 15) is 17.6 Å². The van der Waals surface area contributed by atoms with Crippen molar-refractivity contribution in [2.45, 2.75) is 31.8 Å². The zero-order valence-electron chi connectivity index (χ0n) is 19.0. The minimum absolute atomic E-state index is 0.0425. The molecule has 0 aliphatic carbocycles. The van der Waals surface area contributed by atoms with Gasteiger partial charge in [-0.3, -0.25) is 4.79 Å². The summed E-state index contributed by atoms with van der Waals surface area (Å²) in [5.41, 5.74) is 2.17. The van der Waals surface area contributed by atoms with E-state index in [4.69, 9.17) is 9.26 Å². The van der Waals surface area contributed by atoms with Crippen LogP contribution in [0.5, 0.6) is 5.75 Å². The molecular weight excluding hydrogens is 461 g/mol. The average Bonchev–Trinajstić information content (AvgIpc) is 3.01. The molecule has 1 aromatic heterocycles. The molecule has 1 amide bonds. The van der Waals surface area contributed by atoms with Gasteiger partial charge in [0.15, 0.2) is 0 Å². The second kappa shape index (κ2) is 9.94. The summed E-state index contributed by atoms with van der Waals surface area (Å²) in [5, 5.41) is 3.90. The number of aromatic nitrogens is 1. The minimum Gasteiger partial charge on any atom is -0.489 e. The number of ether oxygens (including phenoxy) is 1. The Kier molecular flexibility index (Phi) is 6.99. The van der Waals surface area contributed by atoms with E-state index < -0.39 is 15.8 Å². The first-order valence-electron chi connectivity index (χ1n) is 11.0. The van der Waals surface area contributed by atoms with Crippen molar-refractivity contribution in [1.29, 1.82) is 0 Å². The monoisotopic (exact) mass is 487 g/mol. The van der Waals surface area contributed by atoms with Gasteiger partial charge in [0, 0.05) is 31.7 Å². The normalized spacial score (nSPS) is 15.2. The predicted octanol–water partition coefficient (Wildman–Crippen LogP) is 3.55. The molecule has 1 aliphatic heterocycles. The van der Waals surface area contributed by atoms with Gasteiger partial charge >= 0.3 is 0 Å². The van der Waals surface area contributed by atoms with Crippen LogP contribution < -0.4 is 4.74 Å². The Bertz CT molecular complexity index is 1240. The molecule has 8 nitrogen and oxygen atoms in total. The smallest absolute Gasteiger partial charge is 0.253 e.